The molecule has 0 N–H and O–H groups in total. The Bertz CT molecular complexity index is 1290. The van der Waals surface area contributed by atoms with Crippen LogP contribution in [-0.2, 0) is 17.5 Å². The predicted molar refractivity (Wildman–Crippen MR) is 129 cm³/mol. The monoisotopic (exact) mass is 521 g/mol. The van der Waals surface area contributed by atoms with Gasteiger partial charge < -0.3 is 19.1 Å². The van der Waals surface area contributed by atoms with Crippen molar-refractivity contribution in [1.82, 2.24) is 0 Å². The number of ether oxygens (including phenoxy) is 3. The van der Waals surface area contributed by atoms with Crippen LogP contribution in [0.15, 0.2) is 54.6 Å². The van der Waals surface area contributed by atoms with E-state index < -0.39 is 11.7 Å². The number of rotatable bonds is 4. The molecular formula is C26H23ClF3NO5. The fraction of sp³-hybridized carbons (Fsp3) is 0.231. The van der Waals surface area contributed by atoms with E-state index in [1.165, 1.54) is 25.2 Å². The highest BCUT2D eigenvalue weighted by Gasteiger charge is 2.34. The molecule has 0 bridgehead atoms. The van der Waals surface area contributed by atoms with Crippen LogP contribution in [0.4, 0.5) is 18.9 Å². The van der Waals surface area contributed by atoms with Crippen molar-refractivity contribution in [2.75, 3.05) is 26.2 Å². The molecule has 1 amide bonds. The van der Waals surface area contributed by atoms with Gasteiger partial charge in [0, 0.05) is 16.7 Å². The number of alkyl halides is 3. The Morgan fingerprint density at radius 2 is 1.61 bits per heavy atom. The molecule has 1 heterocycles. The minimum absolute atomic E-state index is 0.125. The Balaban J connectivity index is 0.000000236. The predicted octanol–water partition coefficient (Wildman–Crippen LogP) is 6.32. The molecule has 1 aliphatic heterocycles. The Labute approximate surface area is 211 Å². The van der Waals surface area contributed by atoms with Gasteiger partial charge >= 0.3 is 12.1 Å². The highest BCUT2D eigenvalue weighted by atomic mass is 35.5. The van der Waals surface area contributed by atoms with Crippen molar-refractivity contribution in [3.63, 3.8) is 0 Å². The van der Waals surface area contributed by atoms with Gasteiger partial charge in [0.25, 0.3) is 5.91 Å². The van der Waals surface area contributed by atoms with Gasteiger partial charge in [-0.1, -0.05) is 23.7 Å². The molecule has 3 aromatic carbocycles. The molecule has 0 aromatic heterocycles. The van der Waals surface area contributed by atoms with E-state index in [0.29, 0.717) is 28.2 Å². The third kappa shape index (κ3) is 5.41. The van der Waals surface area contributed by atoms with Gasteiger partial charge in [0.05, 0.1) is 49.7 Å². The lowest BCUT2D eigenvalue weighted by molar-refractivity contribution is -0.137. The second-order valence-corrected chi connectivity index (χ2v) is 8.07. The van der Waals surface area contributed by atoms with Gasteiger partial charge in [0.2, 0.25) is 0 Å². The molecule has 6 nitrogen and oxygen atoms in total. The van der Waals surface area contributed by atoms with E-state index in [1.807, 2.05) is 13.0 Å². The van der Waals surface area contributed by atoms with E-state index >= 15 is 0 Å². The van der Waals surface area contributed by atoms with Gasteiger partial charge in [-0.2, -0.15) is 13.2 Å². The summed E-state index contributed by atoms with van der Waals surface area (Å²) in [4.78, 5) is 25.1. The fourth-order valence-corrected chi connectivity index (χ4v) is 4.04. The van der Waals surface area contributed by atoms with Crippen molar-refractivity contribution >= 4 is 29.2 Å². The number of carbonyl (C=O) groups excluding carboxylic acids is 2. The van der Waals surface area contributed by atoms with E-state index in [4.69, 9.17) is 21.1 Å². The third-order valence-electron chi connectivity index (χ3n) is 5.62. The Hall–Kier alpha value is -3.72. The van der Waals surface area contributed by atoms with Crippen LogP contribution in [0.3, 0.4) is 0 Å². The molecule has 10 heteroatoms. The number of amides is 1. The van der Waals surface area contributed by atoms with E-state index in [0.717, 1.165) is 17.7 Å². The third-order valence-corrected chi connectivity index (χ3v) is 5.92. The number of hydrogen-bond donors (Lipinski definition) is 0. The standard InChI is InChI=1S/C16H11ClF3NO2.C10H12O3/c1-23-14-4-2-3-10-11(14)8-21(15(10)22)13-6-5-9(7-12(13)17)16(18,19)20;1-7-8(10(11)13-3)5-4-6-9(7)12-2/h2-7H,8H2,1H3;4-6H,1-3H3. The number of halogens is 4. The summed E-state index contributed by atoms with van der Waals surface area (Å²) in [6.07, 6.45) is -4.48. The summed E-state index contributed by atoms with van der Waals surface area (Å²) >= 11 is 5.97. The number of anilines is 1. The Morgan fingerprint density at radius 3 is 2.19 bits per heavy atom. The average molecular weight is 522 g/mol. The van der Waals surface area contributed by atoms with Crippen LogP contribution < -0.4 is 14.4 Å². The first-order valence-electron chi connectivity index (χ1n) is 10.6. The van der Waals surface area contributed by atoms with E-state index in [1.54, 1.807) is 37.4 Å². The van der Waals surface area contributed by atoms with Crippen LogP contribution >= 0.6 is 11.6 Å². The number of carbonyl (C=O) groups is 2. The van der Waals surface area contributed by atoms with Gasteiger partial charge in [-0.15, -0.1) is 0 Å². The van der Waals surface area contributed by atoms with E-state index in [-0.39, 0.29) is 29.1 Å². The van der Waals surface area contributed by atoms with Crippen molar-refractivity contribution < 1.29 is 37.0 Å². The van der Waals surface area contributed by atoms with Crippen molar-refractivity contribution in [1.29, 1.82) is 0 Å². The van der Waals surface area contributed by atoms with Gasteiger partial charge in [0.1, 0.15) is 11.5 Å². The zero-order valence-electron chi connectivity index (χ0n) is 19.9. The quantitative estimate of drug-likeness (QED) is 0.376. The zero-order chi connectivity index (χ0) is 26.6. The van der Waals surface area contributed by atoms with E-state index in [2.05, 4.69) is 4.74 Å². The first kappa shape index (κ1) is 26.9. The maximum absolute atomic E-state index is 12.7. The molecule has 0 fully saturated rings. The Morgan fingerprint density at radius 1 is 0.972 bits per heavy atom. The van der Waals surface area contributed by atoms with Crippen molar-refractivity contribution in [3.05, 3.63) is 87.4 Å². The molecular weight excluding hydrogens is 499 g/mol. The van der Waals surface area contributed by atoms with Crippen LogP contribution in [0.1, 0.15) is 37.4 Å². The summed E-state index contributed by atoms with van der Waals surface area (Å²) in [6, 6.07) is 13.3. The highest BCUT2D eigenvalue weighted by molar-refractivity contribution is 6.34. The first-order valence-corrected chi connectivity index (χ1v) is 11.0. The van der Waals surface area contributed by atoms with Crippen LogP contribution in [0.2, 0.25) is 5.02 Å². The number of esters is 1. The van der Waals surface area contributed by atoms with Crippen molar-refractivity contribution in [2.45, 2.75) is 19.6 Å². The summed E-state index contributed by atoms with van der Waals surface area (Å²) in [5, 5.41) is -0.125. The smallest absolute Gasteiger partial charge is 0.416 e. The second-order valence-electron chi connectivity index (χ2n) is 7.67. The van der Waals surface area contributed by atoms with Crippen LogP contribution in [-0.4, -0.2) is 33.2 Å². The molecule has 190 valence electrons. The minimum Gasteiger partial charge on any atom is -0.496 e. The van der Waals surface area contributed by atoms with E-state index in [9.17, 15) is 22.8 Å². The minimum atomic E-state index is -4.48. The SMILES string of the molecule is COC(=O)c1cccc(OC)c1C.COc1cccc2c1CN(c1ccc(C(F)(F)F)cc1Cl)C2=O. The second kappa shape index (κ2) is 10.9. The van der Waals surface area contributed by atoms with Crippen LogP contribution in [0, 0.1) is 6.92 Å². The van der Waals surface area contributed by atoms with Gasteiger partial charge in [-0.25, -0.2) is 4.79 Å². The molecule has 0 atom stereocenters. The molecule has 1 aliphatic rings. The molecule has 0 radical (unpaired) electrons. The summed E-state index contributed by atoms with van der Waals surface area (Å²) in [5.74, 6) is 0.598. The average Bonchev–Trinajstić information content (AvgIpc) is 3.19. The summed E-state index contributed by atoms with van der Waals surface area (Å²) in [5.41, 5.74) is 1.88. The molecule has 0 saturated carbocycles. The number of nitrogens with zero attached hydrogens (tertiary/aromatic N) is 1. The Kier molecular flexibility index (Phi) is 8.14. The lowest BCUT2D eigenvalue weighted by atomic mass is 10.1. The fourth-order valence-electron chi connectivity index (χ4n) is 3.76. The van der Waals surface area contributed by atoms with Crippen molar-refractivity contribution in [2.24, 2.45) is 0 Å². The van der Waals surface area contributed by atoms with Crippen LogP contribution in [0.25, 0.3) is 0 Å². The summed E-state index contributed by atoms with van der Waals surface area (Å²) < 4.78 is 53.1. The lowest BCUT2D eigenvalue weighted by Crippen LogP contribution is -2.23. The largest absolute Gasteiger partial charge is 0.496 e. The van der Waals surface area contributed by atoms with Gasteiger partial charge in [-0.3, -0.25) is 4.79 Å². The van der Waals surface area contributed by atoms with Crippen molar-refractivity contribution in [3.8, 4) is 11.5 Å². The summed E-state index contributed by atoms with van der Waals surface area (Å²) in [6.45, 7) is 2.02. The lowest BCUT2D eigenvalue weighted by Gasteiger charge is -2.18. The molecule has 4 rings (SSSR count). The number of fused-ring (bicyclic) bond motifs is 1. The van der Waals surface area contributed by atoms with Gasteiger partial charge in [-0.05, 0) is 49.4 Å². The normalized spacial score (nSPS) is 12.4. The number of hydrogen-bond acceptors (Lipinski definition) is 5. The molecule has 36 heavy (non-hydrogen) atoms. The maximum Gasteiger partial charge on any atom is 0.416 e. The topological polar surface area (TPSA) is 65.1 Å². The van der Waals surface area contributed by atoms with Crippen LogP contribution in [0.5, 0.6) is 11.5 Å². The molecule has 0 spiro atoms. The van der Waals surface area contributed by atoms with Gasteiger partial charge in [0.15, 0.2) is 0 Å². The first-order chi connectivity index (χ1) is 17.0. The maximum atomic E-state index is 12.7. The zero-order valence-corrected chi connectivity index (χ0v) is 20.7. The summed E-state index contributed by atoms with van der Waals surface area (Å²) in [7, 11) is 4.43. The molecule has 3 aromatic rings. The number of benzene rings is 3. The molecule has 0 aliphatic carbocycles. The number of methoxy groups -OCH3 is 3. The molecule has 0 unspecified atom stereocenters. The highest BCUT2D eigenvalue weighted by Crippen LogP contribution is 2.39. The molecule has 0 saturated heterocycles.